The zero-order valence-electron chi connectivity index (χ0n) is 8.11. The highest BCUT2D eigenvalue weighted by Crippen LogP contribution is 2.26. The molecule has 0 aliphatic heterocycles. The second-order valence-electron chi connectivity index (χ2n) is 2.88. The second-order valence-corrected chi connectivity index (χ2v) is 4.63. The maximum absolute atomic E-state index is 10.7. The maximum atomic E-state index is 10.7. The lowest BCUT2D eigenvalue weighted by atomic mass is 10.3. The van der Waals surface area contributed by atoms with Gasteiger partial charge in [0.2, 0.25) is 0 Å². The van der Waals surface area contributed by atoms with E-state index in [1.807, 2.05) is 0 Å². The minimum Gasteiger partial charge on any atom is -0.299 e. The molecule has 0 heterocycles. The first-order valence-corrected chi connectivity index (χ1v) is 6.09. The molecule has 0 amide bonds. The first-order valence-electron chi connectivity index (χ1n) is 4.21. The summed E-state index contributed by atoms with van der Waals surface area (Å²) in [5, 5.41) is 0.622. The van der Waals surface area contributed by atoms with E-state index in [0.29, 0.717) is 16.5 Å². The lowest BCUT2D eigenvalue weighted by Gasteiger charge is -1.98. The normalized spacial score (nSPS) is 10.9. The average Bonchev–Trinajstić information content (AvgIpc) is 2.17. The standard InChI is InChI=1S/C10H10ClNOS2/c1-7(13)5-15-6-12-9-4-8(11)2-3-10(9)14/h2-4,6,14H,5H2,1H3. The number of hydrogen-bond donors (Lipinski definition) is 1. The molecule has 0 saturated carbocycles. The molecule has 0 saturated heterocycles. The summed E-state index contributed by atoms with van der Waals surface area (Å²) in [5.74, 6) is 0.565. The van der Waals surface area contributed by atoms with E-state index in [2.05, 4.69) is 17.6 Å². The van der Waals surface area contributed by atoms with Crippen molar-refractivity contribution < 1.29 is 4.79 Å². The van der Waals surface area contributed by atoms with Crippen LogP contribution in [0.5, 0.6) is 0 Å². The number of rotatable bonds is 4. The largest absolute Gasteiger partial charge is 0.299 e. The molecule has 5 heteroatoms. The van der Waals surface area contributed by atoms with Crippen LogP contribution >= 0.6 is 36.0 Å². The Morgan fingerprint density at radius 3 is 3.07 bits per heavy atom. The van der Waals surface area contributed by atoms with Crippen molar-refractivity contribution in [2.45, 2.75) is 11.8 Å². The van der Waals surface area contributed by atoms with Crippen molar-refractivity contribution in [1.29, 1.82) is 0 Å². The number of thioether (sulfide) groups is 1. The first-order chi connectivity index (χ1) is 7.09. The average molecular weight is 260 g/mol. The van der Waals surface area contributed by atoms with Crippen LogP contribution in [-0.4, -0.2) is 17.1 Å². The molecule has 0 atom stereocenters. The van der Waals surface area contributed by atoms with Gasteiger partial charge in [0.05, 0.1) is 17.0 Å². The Morgan fingerprint density at radius 1 is 1.67 bits per heavy atom. The number of Topliss-reactive ketones (excluding diaryl/α,β-unsaturated/α-hetero) is 1. The van der Waals surface area contributed by atoms with E-state index in [0.717, 1.165) is 4.90 Å². The topological polar surface area (TPSA) is 29.4 Å². The van der Waals surface area contributed by atoms with E-state index in [-0.39, 0.29) is 5.78 Å². The molecule has 0 spiro atoms. The van der Waals surface area contributed by atoms with Crippen LogP contribution in [0.25, 0.3) is 0 Å². The van der Waals surface area contributed by atoms with E-state index < -0.39 is 0 Å². The molecule has 1 aromatic carbocycles. The lowest BCUT2D eigenvalue weighted by molar-refractivity contribution is -0.114. The van der Waals surface area contributed by atoms with E-state index in [4.69, 9.17) is 11.6 Å². The van der Waals surface area contributed by atoms with Gasteiger partial charge in [-0.15, -0.1) is 24.4 Å². The lowest BCUT2D eigenvalue weighted by Crippen LogP contribution is -1.92. The fraction of sp³-hybridized carbons (Fsp3) is 0.200. The fourth-order valence-corrected chi connectivity index (χ4v) is 1.71. The molecular formula is C10H10ClNOS2. The molecule has 1 rings (SSSR count). The first kappa shape index (κ1) is 12.6. The fourth-order valence-electron chi connectivity index (χ4n) is 0.849. The summed E-state index contributed by atoms with van der Waals surface area (Å²) in [5.41, 5.74) is 2.34. The van der Waals surface area contributed by atoms with Gasteiger partial charge in [-0.2, -0.15) is 0 Å². The van der Waals surface area contributed by atoms with Crippen molar-refractivity contribution in [1.82, 2.24) is 0 Å². The predicted octanol–water partition coefficient (Wildman–Crippen LogP) is 3.61. The number of nitrogens with zero attached hydrogens (tertiary/aromatic N) is 1. The summed E-state index contributed by atoms with van der Waals surface area (Å²) >= 11 is 11.4. The van der Waals surface area contributed by atoms with E-state index >= 15 is 0 Å². The minimum atomic E-state index is 0.128. The monoisotopic (exact) mass is 259 g/mol. The Hall–Kier alpha value is -0.450. The zero-order valence-corrected chi connectivity index (χ0v) is 10.6. The molecule has 15 heavy (non-hydrogen) atoms. The van der Waals surface area contributed by atoms with E-state index in [1.54, 1.807) is 30.7 Å². The molecule has 0 fully saturated rings. The summed E-state index contributed by atoms with van der Waals surface area (Å²) in [6.07, 6.45) is 0. The Morgan fingerprint density at radius 2 is 2.40 bits per heavy atom. The predicted molar refractivity (Wildman–Crippen MR) is 70.0 cm³/mol. The third-order valence-corrected chi connectivity index (χ3v) is 2.93. The van der Waals surface area contributed by atoms with Crippen LogP contribution in [0.4, 0.5) is 5.69 Å². The van der Waals surface area contributed by atoms with Gasteiger partial charge in [-0.1, -0.05) is 11.6 Å². The summed E-state index contributed by atoms with van der Waals surface area (Å²) in [6.45, 7) is 1.55. The highest BCUT2D eigenvalue weighted by Gasteiger charge is 1.97. The Balaban J connectivity index is 2.63. The number of aliphatic imine (C=N–C) groups is 1. The quantitative estimate of drug-likeness (QED) is 0.509. The summed E-state index contributed by atoms with van der Waals surface area (Å²) in [4.78, 5) is 15.6. The van der Waals surface area contributed by atoms with Crippen molar-refractivity contribution in [3.8, 4) is 0 Å². The highest BCUT2D eigenvalue weighted by atomic mass is 35.5. The van der Waals surface area contributed by atoms with Gasteiger partial charge in [-0.05, 0) is 25.1 Å². The molecule has 0 bridgehead atoms. The van der Waals surface area contributed by atoms with E-state index in [1.165, 1.54) is 11.8 Å². The second kappa shape index (κ2) is 6.20. The molecule has 0 aliphatic carbocycles. The molecule has 0 radical (unpaired) electrons. The molecule has 0 N–H and O–H groups in total. The van der Waals surface area contributed by atoms with Crippen molar-refractivity contribution in [3.63, 3.8) is 0 Å². The molecule has 1 aromatic rings. The molecule has 0 aliphatic rings. The van der Waals surface area contributed by atoms with Crippen LogP contribution in [0.3, 0.4) is 0 Å². The van der Waals surface area contributed by atoms with Gasteiger partial charge in [0.25, 0.3) is 0 Å². The van der Waals surface area contributed by atoms with Gasteiger partial charge >= 0.3 is 0 Å². The molecule has 80 valence electrons. The Labute approximate surface area is 104 Å². The minimum absolute atomic E-state index is 0.128. The number of halogens is 1. The van der Waals surface area contributed by atoms with Crippen LogP contribution in [-0.2, 0) is 4.79 Å². The van der Waals surface area contributed by atoms with Gasteiger partial charge in [0.1, 0.15) is 5.78 Å². The van der Waals surface area contributed by atoms with Crippen LogP contribution < -0.4 is 0 Å². The van der Waals surface area contributed by atoms with Crippen molar-refractivity contribution in [2.24, 2.45) is 4.99 Å². The third-order valence-electron chi connectivity index (χ3n) is 1.49. The van der Waals surface area contributed by atoms with Gasteiger partial charge < -0.3 is 0 Å². The Bertz CT molecular complexity index is 393. The highest BCUT2D eigenvalue weighted by molar-refractivity contribution is 8.12. The van der Waals surface area contributed by atoms with Crippen LogP contribution in [0, 0.1) is 0 Å². The number of carbonyl (C=O) groups excluding carboxylic acids is 1. The summed E-state index contributed by atoms with van der Waals surface area (Å²) in [7, 11) is 0. The van der Waals surface area contributed by atoms with Gasteiger partial charge in [-0.25, -0.2) is 4.99 Å². The number of benzene rings is 1. The number of hydrogen-bond acceptors (Lipinski definition) is 4. The zero-order chi connectivity index (χ0) is 11.3. The van der Waals surface area contributed by atoms with Crippen molar-refractivity contribution in [2.75, 3.05) is 5.75 Å². The van der Waals surface area contributed by atoms with Crippen molar-refractivity contribution in [3.05, 3.63) is 23.2 Å². The van der Waals surface area contributed by atoms with Crippen molar-refractivity contribution >= 4 is 53.0 Å². The Kier molecular flexibility index (Phi) is 5.22. The molecule has 0 aromatic heterocycles. The van der Waals surface area contributed by atoms with Gasteiger partial charge in [-0.3, -0.25) is 4.79 Å². The van der Waals surface area contributed by atoms with Crippen LogP contribution in [0.1, 0.15) is 6.92 Å². The van der Waals surface area contributed by atoms with Gasteiger partial charge in [0, 0.05) is 9.92 Å². The van der Waals surface area contributed by atoms with Crippen LogP contribution in [0.15, 0.2) is 28.1 Å². The summed E-state index contributed by atoms with van der Waals surface area (Å²) < 4.78 is 0. The molecule has 2 nitrogen and oxygen atoms in total. The van der Waals surface area contributed by atoms with Crippen LogP contribution in [0.2, 0.25) is 5.02 Å². The third kappa shape index (κ3) is 4.73. The smallest absolute Gasteiger partial charge is 0.140 e. The molecule has 0 unspecified atom stereocenters. The molecular weight excluding hydrogens is 250 g/mol. The number of ketones is 1. The number of thiol groups is 1. The number of carbonyl (C=O) groups is 1. The maximum Gasteiger partial charge on any atom is 0.140 e. The van der Waals surface area contributed by atoms with Gasteiger partial charge in [0.15, 0.2) is 0 Å². The SMILES string of the molecule is CC(=O)CSC=Nc1cc(Cl)ccc1S. The van der Waals surface area contributed by atoms with E-state index in [9.17, 15) is 4.79 Å². The summed E-state index contributed by atoms with van der Waals surface area (Å²) in [6, 6.07) is 5.27.